The van der Waals surface area contributed by atoms with Crippen LogP contribution in [-0.4, -0.2) is 30.2 Å². The fourth-order valence-electron chi connectivity index (χ4n) is 1.53. The van der Waals surface area contributed by atoms with Crippen LogP contribution < -0.4 is 0 Å². The SMILES string of the molecule is CON(C)C(=O)CC(O)c1cccc(C(F)(F)F)c1Br. The maximum absolute atomic E-state index is 12.7. The minimum absolute atomic E-state index is 0.00215. The Labute approximate surface area is 122 Å². The maximum atomic E-state index is 12.7. The zero-order valence-electron chi connectivity index (χ0n) is 10.7. The summed E-state index contributed by atoms with van der Waals surface area (Å²) in [6, 6.07) is 3.39. The summed E-state index contributed by atoms with van der Waals surface area (Å²) in [6.07, 6.45) is -6.29. The van der Waals surface area contributed by atoms with E-state index in [2.05, 4.69) is 20.8 Å². The van der Waals surface area contributed by atoms with E-state index in [9.17, 15) is 23.1 Å². The Morgan fingerprint density at radius 3 is 2.60 bits per heavy atom. The zero-order valence-corrected chi connectivity index (χ0v) is 12.3. The number of alkyl halides is 3. The molecule has 0 aliphatic heterocycles. The normalized spacial score (nSPS) is 13.2. The number of carbonyl (C=O) groups excluding carboxylic acids is 1. The lowest BCUT2D eigenvalue weighted by Gasteiger charge is -2.19. The number of carbonyl (C=O) groups is 1. The minimum Gasteiger partial charge on any atom is -0.388 e. The average Bonchev–Trinajstić information content (AvgIpc) is 2.36. The lowest BCUT2D eigenvalue weighted by atomic mass is 10.0. The van der Waals surface area contributed by atoms with Gasteiger partial charge in [-0.15, -0.1) is 0 Å². The van der Waals surface area contributed by atoms with E-state index in [4.69, 9.17) is 0 Å². The number of hydrogen-bond acceptors (Lipinski definition) is 3. The van der Waals surface area contributed by atoms with Crippen molar-refractivity contribution in [2.24, 2.45) is 0 Å². The molecule has 0 spiro atoms. The molecule has 8 heteroatoms. The van der Waals surface area contributed by atoms with E-state index in [-0.39, 0.29) is 16.5 Å². The molecule has 4 nitrogen and oxygen atoms in total. The van der Waals surface area contributed by atoms with Gasteiger partial charge in [0.15, 0.2) is 0 Å². The van der Waals surface area contributed by atoms with Gasteiger partial charge in [0.05, 0.1) is 25.2 Å². The predicted molar refractivity (Wildman–Crippen MR) is 68.5 cm³/mol. The van der Waals surface area contributed by atoms with Crippen molar-refractivity contribution in [1.29, 1.82) is 0 Å². The Kier molecular flexibility index (Phi) is 5.55. The number of hydroxylamine groups is 2. The first-order chi connectivity index (χ1) is 9.18. The second-order valence-electron chi connectivity index (χ2n) is 4.00. The van der Waals surface area contributed by atoms with Gasteiger partial charge in [-0.1, -0.05) is 12.1 Å². The molecule has 1 aromatic carbocycles. The van der Waals surface area contributed by atoms with Gasteiger partial charge >= 0.3 is 6.18 Å². The van der Waals surface area contributed by atoms with Crippen LogP contribution in [0.2, 0.25) is 0 Å². The standard InChI is InChI=1S/C12H13BrF3NO3/c1-17(20-2)10(19)6-9(18)7-4-3-5-8(11(7)13)12(14,15)16/h3-5,9,18H,6H2,1-2H3. The zero-order chi connectivity index (χ0) is 15.5. The van der Waals surface area contributed by atoms with Gasteiger partial charge in [0.2, 0.25) is 5.91 Å². The van der Waals surface area contributed by atoms with E-state index in [1.807, 2.05) is 0 Å². The van der Waals surface area contributed by atoms with Crippen molar-refractivity contribution in [2.45, 2.75) is 18.7 Å². The van der Waals surface area contributed by atoms with E-state index in [0.29, 0.717) is 0 Å². The largest absolute Gasteiger partial charge is 0.417 e. The molecule has 0 fully saturated rings. The fourth-order valence-corrected chi connectivity index (χ4v) is 2.29. The summed E-state index contributed by atoms with van der Waals surface area (Å²) in [4.78, 5) is 16.2. The van der Waals surface area contributed by atoms with Gasteiger partial charge < -0.3 is 5.11 Å². The molecule has 0 saturated heterocycles. The molecular weight excluding hydrogens is 343 g/mol. The summed E-state index contributed by atoms with van der Waals surface area (Å²) in [6.45, 7) is 0. The molecule has 1 amide bonds. The molecule has 112 valence electrons. The van der Waals surface area contributed by atoms with Crippen LogP contribution >= 0.6 is 15.9 Å². The molecule has 1 aromatic rings. The van der Waals surface area contributed by atoms with E-state index in [1.54, 1.807) is 0 Å². The number of rotatable bonds is 4. The summed E-state index contributed by atoms with van der Waals surface area (Å²) in [5, 5.41) is 10.8. The molecule has 1 unspecified atom stereocenters. The quantitative estimate of drug-likeness (QED) is 0.844. The number of aliphatic hydroxyl groups excluding tert-OH is 1. The summed E-state index contributed by atoms with van der Waals surface area (Å²) < 4.78 is 37.9. The van der Waals surface area contributed by atoms with Crippen molar-refractivity contribution in [1.82, 2.24) is 5.06 Å². The van der Waals surface area contributed by atoms with Gasteiger partial charge in [-0.3, -0.25) is 9.63 Å². The van der Waals surface area contributed by atoms with Gasteiger partial charge in [0.1, 0.15) is 0 Å². The third-order valence-corrected chi connectivity index (χ3v) is 3.57. The molecule has 1 N–H and O–H groups in total. The number of benzene rings is 1. The second-order valence-corrected chi connectivity index (χ2v) is 4.79. The van der Waals surface area contributed by atoms with E-state index < -0.39 is 23.8 Å². The minimum atomic E-state index is -4.54. The smallest absolute Gasteiger partial charge is 0.388 e. The van der Waals surface area contributed by atoms with Crippen molar-refractivity contribution in [3.8, 4) is 0 Å². The monoisotopic (exact) mass is 355 g/mol. The third-order valence-electron chi connectivity index (χ3n) is 2.69. The molecule has 0 bridgehead atoms. The average molecular weight is 356 g/mol. The highest BCUT2D eigenvalue weighted by Crippen LogP contribution is 2.38. The lowest BCUT2D eigenvalue weighted by Crippen LogP contribution is -2.27. The Hall–Kier alpha value is -1.12. The predicted octanol–water partition coefficient (Wildman–Crippen LogP) is 2.91. The molecular formula is C12H13BrF3NO3. The first-order valence-corrected chi connectivity index (χ1v) is 6.32. The highest BCUT2D eigenvalue weighted by Gasteiger charge is 2.34. The number of halogens is 4. The van der Waals surface area contributed by atoms with Crippen LogP contribution in [-0.2, 0) is 15.8 Å². The number of amides is 1. The van der Waals surface area contributed by atoms with Crippen LogP contribution in [0.3, 0.4) is 0 Å². The summed E-state index contributed by atoms with van der Waals surface area (Å²) in [7, 11) is 2.61. The van der Waals surface area contributed by atoms with Gasteiger partial charge in [-0.25, -0.2) is 5.06 Å². The second kappa shape index (κ2) is 6.55. The molecule has 0 heterocycles. The summed E-state index contributed by atoms with van der Waals surface area (Å²) in [5.74, 6) is -0.552. The molecule has 0 radical (unpaired) electrons. The van der Waals surface area contributed by atoms with E-state index in [0.717, 1.165) is 11.1 Å². The Balaban J connectivity index is 3.00. The topological polar surface area (TPSA) is 49.8 Å². The highest BCUT2D eigenvalue weighted by atomic mass is 79.9. The van der Waals surface area contributed by atoms with Crippen molar-refractivity contribution >= 4 is 21.8 Å². The molecule has 1 rings (SSSR count). The van der Waals surface area contributed by atoms with Gasteiger partial charge in [-0.2, -0.15) is 13.2 Å². The summed E-state index contributed by atoms with van der Waals surface area (Å²) in [5.41, 5.74) is -0.903. The maximum Gasteiger partial charge on any atom is 0.417 e. The molecule has 0 saturated carbocycles. The van der Waals surface area contributed by atoms with Crippen LogP contribution in [0.25, 0.3) is 0 Å². The Bertz CT molecular complexity index is 493. The van der Waals surface area contributed by atoms with Crippen LogP contribution in [0.4, 0.5) is 13.2 Å². The first-order valence-electron chi connectivity index (χ1n) is 5.52. The van der Waals surface area contributed by atoms with Gasteiger partial charge in [0.25, 0.3) is 0 Å². The lowest BCUT2D eigenvalue weighted by molar-refractivity contribution is -0.170. The van der Waals surface area contributed by atoms with Crippen molar-refractivity contribution in [3.63, 3.8) is 0 Å². The third kappa shape index (κ3) is 3.94. The Morgan fingerprint density at radius 2 is 2.10 bits per heavy atom. The van der Waals surface area contributed by atoms with Gasteiger partial charge in [0, 0.05) is 11.5 Å². The molecule has 20 heavy (non-hydrogen) atoms. The van der Waals surface area contributed by atoms with Crippen LogP contribution in [0.15, 0.2) is 22.7 Å². The van der Waals surface area contributed by atoms with Crippen molar-refractivity contribution < 1.29 is 27.9 Å². The van der Waals surface area contributed by atoms with Crippen molar-refractivity contribution in [3.05, 3.63) is 33.8 Å². The molecule has 0 aliphatic rings. The fraction of sp³-hybridized carbons (Fsp3) is 0.417. The van der Waals surface area contributed by atoms with Crippen LogP contribution in [0.5, 0.6) is 0 Å². The van der Waals surface area contributed by atoms with E-state index in [1.165, 1.54) is 26.3 Å². The molecule has 0 aliphatic carbocycles. The van der Waals surface area contributed by atoms with Crippen molar-refractivity contribution in [2.75, 3.05) is 14.2 Å². The number of hydrogen-bond donors (Lipinski definition) is 1. The van der Waals surface area contributed by atoms with E-state index >= 15 is 0 Å². The van der Waals surface area contributed by atoms with Gasteiger partial charge in [-0.05, 0) is 27.6 Å². The number of aliphatic hydroxyl groups is 1. The molecule has 0 aromatic heterocycles. The Morgan fingerprint density at radius 1 is 1.50 bits per heavy atom. The van der Waals surface area contributed by atoms with Crippen LogP contribution in [0, 0.1) is 0 Å². The van der Waals surface area contributed by atoms with Crippen LogP contribution in [0.1, 0.15) is 23.7 Å². The highest BCUT2D eigenvalue weighted by molar-refractivity contribution is 9.10. The molecule has 1 atom stereocenters. The first kappa shape index (κ1) is 16.9. The number of nitrogens with zero attached hydrogens (tertiary/aromatic N) is 1. The summed E-state index contributed by atoms with van der Waals surface area (Å²) >= 11 is 2.83.